The number of carbonyl (C=O) groups is 4. The molecule has 6 rings (SSSR count). The summed E-state index contributed by atoms with van der Waals surface area (Å²) in [6.07, 6.45) is 0.912. The van der Waals surface area contributed by atoms with E-state index in [0.717, 1.165) is 55.6 Å². The zero-order chi connectivity index (χ0) is 37.7. The number of Topliss-reactive ketones (excluding diaryl/α,β-unsaturated/α-hetero) is 3. The third-order valence-electron chi connectivity index (χ3n) is 8.97. The third kappa shape index (κ3) is 9.97. The van der Waals surface area contributed by atoms with E-state index in [2.05, 4.69) is 36.4 Å². The van der Waals surface area contributed by atoms with Crippen molar-refractivity contribution in [1.29, 1.82) is 0 Å². The summed E-state index contributed by atoms with van der Waals surface area (Å²) < 4.78 is 9.67. The maximum absolute atomic E-state index is 12.0. The molecule has 0 aliphatic rings. The van der Waals surface area contributed by atoms with E-state index < -0.39 is 0 Å². The Morgan fingerprint density at radius 1 is 0.415 bits per heavy atom. The van der Waals surface area contributed by atoms with E-state index in [-0.39, 0.29) is 23.3 Å². The summed E-state index contributed by atoms with van der Waals surface area (Å²) in [6, 6.07) is 46.8. The molecule has 0 heterocycles. The van der Waals surface area contributed by atoms with Crippen LogP contribution in [0.2, 0.25) is 0 Å². The third-order valence-corrected chi connectivity index (χ3v) is 8.97. The van der Waals surface area contributed by atoms with Crippen LogP contribution in [-0.2, 0) is 9.47 Å². The second-order valence-corrected chi connectivity index (χ2v) is 12.5. The minimum absolute atomic E-state index is 0.0704. The lowest BCUT2D eigenvalue weighted by Crippen LogP contribution is -2.02. The van der Waals surface area contributed by atoms with Crippen molar-refractivity contribution < 1.29 is 28.7 Å². The fourth-order valence-electron chi connectivity index (χ4n) is 5.76. The highest BCUT2D eigenvalue weighted by atomic mass is 16.5. The zero-order valence-corrected chi connectivity index (χ0v) is 30.4. The van der Waals surface area contributed by atoms with Gasteiger partial charge in [0.1, 0.15) is 0 Å². The van der Waals surface area contributed by atoms with E-state index in [4.69, 9.17) is 9.47 Å². The summed E-state index contributed by atoms with van der Waals surface area (Å²) in [6.45, 7) is 3.88. The highest BCUT2D eigenvalue weighted by Crippen LogP contribution is 2.27. The second-order valence-electron chi connectivity index (χ2n) is 12.5. The molecule has 6 aromatic carbocycles. The number of esters is 1. The van der Waals surface area contributed by atoms with Gasteiger partial charge in [0.25, 0.3) is 0 Å². The number of carbonyl (C=O) groups excluding carboxylic acids is 4. The summed E-state index contributed by atoms with van der Waals surface area (Å²) in [7, 11) is 2.97. The molecule has 266 valence electrons. The first kappa shape index (κ1) is 38.0. The van der Waals surface area contributed by atoms with Crippen molar-refractivity contribution in [3.05, 3.63) is 168 Å². The predicted octanol–water partition coefficient (Wildman–Crippen LogP) is 10.8. The van der Waals surface area contributed by atoms with Gasteiger partial charge >= 0.3 is 5.97 Å². The maximum Gasteiger partial charge on any atom is 0.337 e. The summed E-state index contributed by atoms with van der Waals surface area (Å²) >= 11 is 0. The Kier molecular flexibility index (Phi) is 13.1. The molecule has 0 saturated carbocycles. The lowest BCUT2D eigenvalue weighted by Gasteiger charge is -2.07. The van der Waals surface area contributed by atoms with Crippen molar-refractivity contribution in [2.45, 2.75) is 26.7 Å². The first-order chi connectivity index (χ1) is 25.7. The maximum atomic E-state index is 12.0. The topological polar surface area (TPSA) is 86.7 Å². The highest BCUT2D eigenvalue weighted by Gasteiger charge is 2.09. The number of hydrogen-bond donors (Lipinski definition) is 0. The summed E-state index contributed by atoms with van der Waals surface area (Å²) in [4.78, 5) is 46.6. The first-order valence-corrected chi connectivity index (χ1v) is 17.5. The highest BCUT2D eigenvalue weighted by molar-refractivity contribution is 5.97. The Balaban J connectivity index is 0.000000204. The Labute approximate surface area is 311 Å². The fourth-order valence-corrected chi connectivity index (χ4v) is 5.76. The lowest BCUT2D eigenvalue weighted by atomic mass is 9.98. The van der Waals surface area contributed by atoms with E-state index in [9.17, 15) is 19.2 Å². The average Bonchev–Trinajstić information content (AvgIpc) is 3.22. The molecule has 6 heteroatoms. The molecule has 0 aromatic heterocycles. The lowest BCUT2D eigenvalue weighted by molar-refractivity contribution is 0.0600. The molecule has 0 fully saturated rings. The largest absolute Gasteiger partial charge is 0.465 e. The minimum atomic E-state index is -0.336. The first-order valence-electron chi connectivity index (χ1n) is 17.5. The fraction of sp³-hybridized carbons (Fsp3) is 0.149. The van der Waals surface area contributed by atoms with E-state index >= 15 is 0 Å². The molecular weight excluding hydrogens is 661 g/mol. The molecule has 6 nitrogen and oxygen atoms in total. The van der Waals surface area contributed by atoms with E-state index in [1.165, 1.54) is 7.11 Å². The van der Waals surface area contributed by atoms with Crippen LogP contribution in [0, 0.1) is 0 Å². The van der Waals surface area contributed by atoms with Gasteiger partial charge in [-0.2, -0.15) is 0 Å². The van der Waals surface area contributed by atoms with Crippen LogP contribution >= 0.6 is 0 Å². The quantitative estimate of drug-likeness (QED) is 0.0932. The number of ketones is 3. The van der Waals surface area contributed by atoms with Crippen LogP contribution < -0.4 is 0 Å². The molecule has 0 aliphatic carbocycles. The van der Waals surface area contributed by atoms with Gasteiger partial charge in [0, 0.05) is 36.6 Å². The van der Waals surface area contributed by atoms with Gasteiger partial charge in [-0.15, -0.1) is 0 Å². The molecule has 0 amide bonds. The van der Waals surface area contributed by atoms with E-state index in [1.54, 1.807) is 26.2 Å². The van der Waals surface area contributed by atoms with Crippen molar-refractivity contribution in [2.24, 2.45) is 0 Å². The molecule has 0 unspecified atom stereocenters. The smallest absolute Gasteiger partial charge is 0.337 e. The van der Waals surface area contributed by atoms with E-state index in [0.29, 0.717) is 30.6 Å². The summed E-state index contributed by atoms with van der Waals surface area (Å²) in [5.41, 5.74) is 11.3. The SMILES string of the molecule is CCC(=O)c1ccc(-c2ccc(-c3ccc(C(=O)OC)cc3)cc2)cc1.COCCC(=O)c1ccc(-c2ccc(-c3ccc(C(C)=O)cc3)cc2)cc1. The molecule has 0 spiro atoms. The molecule has 6 aromatic rings. The summed E-state index contributed by atoms with van der Waals surface area (Å²) in [5, 5.41) is 0. The van der Waals surface area contributed by atoms with Crippen LogP contribution in [0.1, 0.15) is 68.1 Å². The number of benzene rings is 6. The molecule has 0 atom stereocenters. The van der Waals surface area contributed by atoms with Gasteiger partial charge in [0.2, 0.25) is 0 Å². The molecular formula is C47H42O6. The average molecular weight is 703 g/mol. The van der Waals surface area contributed by atoms with Crippen LogP contribution in [0.5, 0.6) is 0 Å². The normalized spacial score (nSPS) is 10.5. The monoisotopic (exact) mass is 702 g/mol. The number of rotatable bonds is 12. The zero-order valence-electron chi connectivity index (χ0n) is 30.4. The predicted molar refractivity (Wildman–Crippen MR) is 211 cm³/mol. The number of methoxy groups -OCH3 is 2. The number of ether oxygens (including phenoxy) is 2. The van der Waals surface area contributed by atoms with Gasteiger partial charge in [-0.3, -0.25) is 14.4 Å². The molecule has 0 bridgehead atoms. The Bertz CT molecular complexity index is 2070. The van der Waals surface area contributed by atoms with Crippen molar-refractivity contribution in [3.63, 3.8) is 0 Å². The van der Waals surface area contributed by atoms with Crippen LogP contribution in [-0.4, -0.2) is 44.1 Å². The van der Waals surface area contributed by atoms with Crippen LogP contribution in [0.4, 0.5) is 0 Å². The van der Waals surface area contributed by atoms with Crippen LogP contribution in [0.15, 0.2) is 146 Å². The Morgan fingerprint density at radius 2 is 0.698 bits per heavy atom. The number of hydrogen-bond acceptors (Lipinski definition) is 6. The molecule has 0 N–H and O–H groups in total. The molecule has 0 radical (unpaired) electrons. The Morgan fingerprint density at radius 3 is 0.981 bits per heavy atom. The van der Waals surface area contributed by atoms with Gasteiger partial charge in [0.15, 0.2) is 17.3 Å². The second kappa shape index (κ2) is 18.3. The van der Waals surface area contributed by atoms with E-state index in [1.807, 2.05) is 104 Å². The molecule has 0 saturated heterocycles. The molecule has 0 aliphatic heterocycles. The molecule has 53 heavy (non-hydrogen) atoms. The van der Waals surface area contributed by atoms with Gasteiger partial charge in [-0.1, -0.05) is 140 Å². The van der Waals surface area contributed by atoms with Crippen molar-refractivity contribution >= 4 is 23.3 Å². The van der Waals surface area contributed by atoms with Crippen LogP contribution in [0.3, 0.4) is 0 Å². The van der Waals surface area contributed by atoms with Crippen LogP contribution in [0.25, 0.3) is 44.5 Å². The Hall–Kier alpha value is -6.24. The van der Waals surface area contributed by atoms with Gasteiger partial charge < -0.3 is 9.47 Å². The standard InChI is InChI=1S/C24H22O3.C23H20O3/c1-17(25)18-3-5-19(6-4-18)20-7-9-21(10-8-20)22-11-13-23(14-12-22)24(26)15-16-27-2;1-3-22(24)20-12-8-18(9-13-20)16-4-6-17(7-5-16)19-10-14-21(15-11-19)23(25)26-2/h3-14H,15-16H2,1-2H3;4-15H,3H2,1-2H3. The van der Waals surface area contributed by atoms with Crippen molar-refractivity contribution in [2.75, 3.05) is 20.8 Å². The summed E-state index contributed by atoms with van der Waals surface area (Å²) in [5.74, 6) is -0.0204. The van der Waals surface area contributed by atoms with Crippen molar-refractivity contribution in [3.8, 4) is 44.5 Å². The van der Waals surface area contributed by atoms with Crippen molar-refractivity contribution in [1.82, 2.24) is 0 Å². The van der Waals surface area contributed by atoms with Gasteiger partial charge in [-0.25, -0.2) is 4.79 Å². The van der Waals surface area contributed by atoms with Gasteiger partial charge in [-0.05, 0) is 63.6 Å². The minimum Gasteiger partial charge on any atom is -0.465 e. The van der Waals surface area contributed by atoms with Gasteiger partial charge in [0.05, 0.1) is 19.3 Å².